The van der Waals surface area contributed by atoms with Crippen molar-refractivity contribution in [1.29, 1.82) is 0 Å². The molecule has 0 amide bonds. The third-order valence-corrected chi connectivity index (χ3v) is 3.17. The fraction of sp³-hybridized carbons (Fsp3) is 0.556. The Morgan fingerprint density at radius 3 is 2.17 bits per heavy atom. The van der Waals surface area contributed by atoms with Crippen LogP contribution in [0.3, 0.4) is 0 Å². The van der Waals surface area contributed by atoms with E-state index < -0.39 is 0 Å². The number of halogens is 2. The molecule has 1 aliphatic rings. The van der Waals surface area contributed by atoms with Crippen LogP contribution in [0.4, 0.5) is 0 Å². The summed E-state index contributed by atoms with van der Waals surface area (Å²) in [6, 6.07) is 0. The van der Waals surface area contributed by atoms with Crippen LogP contribution in [0.15, 0.2) is 20.6 Å². The molecule has 0 aromatic heterocycles. The van der Waals surface area contributed by atoms with E-state index in [4.69, 9.17) is 0 Å². The Labute approximate surface area is 102 Å². The maximum atomic E-state index is 2.41. The molecule has 0 radical (unpaired) electrons. The molecule has 3 heteroatoms. The van der Waals surface area contributed by atoms with Crippen molar-refractivity contribution in [1.82, 2.24) is 0 Å². The SMILES string of the molecule is CCC1=C(CC)C[C]([Hf+2])=C1.[Cl-].[Cl-]. The van der Waals surface area contributed by atoms with Gasteiger partial charge < -0.3 is 24.8 Å². The Balaban J connectivity index is 0. The molecule has 0 heterocycles. The molecule has 0 nitrogen and oxygen atoms in total. The quantitative estimate of drug-likeness (QED) is 0.453. The topological polar surface area (TPSA) is 0 Å². The zero-order valence-electron chi connectivity index (χ0n) is 7.45. The van der Waals surface area contributed by atoms with Crippen molar-refractivity contribution in [2.24, 2.45) is 0 Å². The molecular formula is C9H13Cl2Hf. The molecule has 0 saturated heterocycles. The minimum absolute atomic E-state index is 0. The molecular weight excluding hydrogens is 357 g/mol. The van der Waals surface area contributed by atoms with Crippen molar-refractivity contribution >= 4 is 0 Å². The van der Waals surface area contributed by atoms with Gasteiger partial charge in [-0.2, -0.15) is 0 Å². The number of hydrogen-bond donors (Lipinski definition) is 0. The van der Waals surface area contributed by atoms with Crippen LogP contribution in [0.1, 0.15) is 33.1 Å². The van der Waals surface area contributed by atoms with Gasteiger partial charge in [-0.3, -0.25) is 0 Å². The second-order valence-corrected chi connectivity index (χ2v) is 4.99. The van der Waals surface area contributed by atoms with Crippen LogP contribution in [0.5, 0.6) is 0 Å². The van der Waals surface area contributed by atoms with Gasteiger partial charge in [0, 0.05) is 0 Å². The van der Waals surface area contributed by atoms with Crippen LogP contribution in [0.2, 0.25) is 0 Å². The van der Waals surface area contributed by atoms with Crippen LogP contribution < -0.4 is 24.8 Å². The molecule has 0 N–H and O–H groups in total. The first-order valence-electron chi connectivity index (χ1n) is 3.91. The van der Waals surface area contributed by atoms with Crippen molar-refractivity contribution in [3.63, 3.8) is 0 Å². The predicted octanol–water partition coefficient (Wildman–Crippen LogP) is -3.05. The normalized spacial score (nSPS) is 15.2. The van der Waals surface area contributed by atoms with Crippen LogP contribution in [-0.4, -0.2) is 0 Å². The summed E-state index contributed by atoms with van der Waals surface area (Å²) in [5.74, 6) is 0. The van der Waals surface area contributed by atoms with Gasteiger partial charge >= 0.3 is 78.0 Å². The maximum absolute atomic E-state index is 2.41. The molecule has 0 spiro atoms. The maximum Gasteiger partial charge on any atom is -1.00 e. The average molecular weight is 371 g/mol. The Hall–Kier alpha value is 0.930. The third kappa shape index (κ3) is 3.76. The molecule has 0 atom stereocenters. The molecule has 12 heavy (non-hydrogen) atoms. The number of allylic oxidation sites excluding steroid dienone is 4. The summed E-state index contributed by atoms with van der Waals surface area (Å²) >= 11 is 1.26. The first kappa shape index (κ1) is 15.4. The Bertz CT molecular complexity index is 195. The second-order valence-electron chi connectivity index (χ2n) is 2.68. The summed E-state index contributed by atoms with van der Waals surface area (Å²) in [5, 5.41) is 0. The van der Waals surface area contributed by atoms with Gasteiger partial charge in [0.25, 0.3) is 0 Å². The molecule has 0 aromatic rings. The number of rotatable bonds is 2. The van der Waals surface area contributed by atoms with Gasteiger partial charge in [-0.1, -0.05) is 0 Å². The number of hydrogen-bond acceptors (Lipinski definition) is 0. The first-order valence-corrected chi connectivity index (χ1v) is 5.70. The molecule has 0 saturated carbocycles. The van der Waals surface area contributed by atoms with Crippen LogP contribution in [-0.2, 0) is 24.4 Å². The minimum atomic E-state index is 0. The van der Waals surface area contributed by atoms with E-state index in [9.17, 15) is 0 Å². The molecule has 0 aromatic carbocycles. The summed E-state index contributed by atoms with van der Waals surface area (Å²) in [5.41, 5.74) is 3.31. The van der Waals surface area contributed by atoms with Gasteiger partial charge in [0.2, 0.25) is 0 Å². The van der Waals surface area contributed by atoms with Crippen molar-refractivity contribution in [3.05, 3.63) is 20.6 Å². The standard InChI is InChI=1S/C9H13.2ClH.Hf/c1-3-8-6-5-7-9(8)4-2;;;/h6H,3-4,7H2,1-2H3;2*1H;/q;;;+2/p-2. The molecule has 0 unspecified atom stereocenters. The molecule has 0 fully saturated rings. The smallest absolute Gasteiger partial charge is 1.00 e. The van der Waals surface area contributed by atoms with Crippen molar-refractivity contribution in [2.75, 3.05) is 0 Å². The summed E-state index contributed by atoms with van der Waals surface area (Å²) in [6.07, 6.45) is 6.19. The fourth-order valence-corrected chi connectivity index (χ4v) is 2.80. The van der Waals surface area contributed by atoms with Crippen molar-refractivity contribution in [3.8, 4) is 0 Å². The molecule has 1 rings (SSSR count). The van der Waals surface area contributed by atoms with Crippen molar-refractivity contribution in [2.45, 2.75) is 33.1 Å². The van der Waals surface area contributed by atoms with Gasteiger partial charge in [-0.25, -0.2) is 0 Å². The van der Waals surface area contributed by atoms with E-state index in [1.54, 1.807) is 14.5 Å². The van der Waals surface area contributed by atoms with E-state index in [0.717, 1.165) is 0 Å². The third-order valence-electron chi connectivity index (χ3n) is 2.01. The van der Waals surface area contributed by atoms with E-state index in [-0.39, 0.29) is 24.8 Å². The van der Waals surface area contributed by atoms with E-state index in [1.807, 2.05) is 0 Å². The van der Waals surface area contributed by atoms with Gasteiger partial charge in [-0.15, -0.1) is 0 Å². The minimum Gasteiger partial charge on any atom is -1.00 e. The van der Waals surface area contributed by atoms with E-state index in [2.05, 4.69) is 19.9 Å². The zero-order chi connectivity index (χ0) is 7.56. The van der Waals surface area contributed by atoms with Crippen LogP contribution in [0, 0.1) is 0 Å². The van der Waals surface area contributed by atoms with E-state index >= 15 is 0 Å². The summed E-state index contributed by atoms with van der Waals surface area (Å²) in [6.45, 7) is 4.51. The van der Waals surface area contributed by atoms with Crippen LogP contribution >= 0.6 is 0 Å². The summed E-state index contributed by atoms with van der Waals surface area (Å²) in [4.78, 5) is 0. The summed E-state index contributed by atoms with van der Waals surface area (Å²) in [7, 11) is 0. The van der Waals surface area contributed by atoms with Crippen LogP contribution in [0.25, 0.3) is 0 Å². The fourth-order valence-electron chi connectivity index (χ4n) is 1.41. The molecule has 0 bridgehead atoms. The van der Waals surface area contributed by atoms with E-state index in [0.29, 0.717) is 0 Å². The largest absolute Gasteiger partial charge is 1.00 e. The summed E-state index contributed by atoms with van der Waals surface area (Å²) < 4.78 is 1.67. The monoisotopic (exact) mass is 371 g/mol. The molecule has 0 aliphatic heterocycles. The van der Waals surface area contributed by atoms with E-state index in [1.165, 1.54) is 43.6 Å². The first-order chi connectivity index (χ1) is 4.77. The van der Waals surface area contributed by atoms with Crippen molar-refractivity contribution < 1.29 is 49.2 Å². The predicted molar refractivity (Wildman–Crippen MR) is 40.3 cm³/mol. The molecule has 67 valence electrons. The average Bonchev–Trinajstić information content (AvgIpc) is 2.30. The van der Waals surface area contributed by atoms with Gasteiger partial charge in [-0.05, 0) is 0 Å². The Kier molecular flexibility index (Phi) is 9.43. The molecule has 1 aliphatic carbocycles. The zero-order valence-corrected chi connectivity index (χ0v) is 12.6. The van der Waals surface area contributed by atoms with Gasteiger partial charge in [0.1, 0.15) is 0 Å². The Morgan fingerprint density at radius 2 is 1.83 bits per heavy atom. The van der Waals surface area contributed by atoms with Gasteiger partial charge in [0.15, 0.2) is 0 Å². The Morgan fingerprint density at radius 1 is 1.25 bits per heavy atom. The second kappa shape index (κ2) is 7.34. The van der Waals surface area contributed by atoms with Gasteiger partial charge in [0.05, 0.1) is 0 Å².